The molecule has 4 nitrogen and oxygen atoms in total. The third kappa shape index (κ3) is 4.51. The second-order valence-electron chi connectivity index (χ2n) is 7.68. The summed E-state index contributed by atoms with van der Waals surface area (Å²) in [6.45, 7) is 0.400. The van der Waals surface area contributed by atoms with Gasteiger partial charge in [-0.2, -0.15) is 0 Å². The molecule has 1 saturated heterocycles. The SMILES string of the molecule is COc1ccc(OC(F)(F)F)cc1CNC1C(c2ccccc2)NC2CCCC21. The number of hydrogen-bond acceptors (Lipinski definition) is 4. The van der Waals surface area contributed by atoms with E-state index in [1.165, 1.54) is 37.3 Å². The number of ether oxygens (including phenoxy) is 2. The molecule has 2 fully saturated rings. The van der Waals surface area contributed by atoms with E-state index in [1.54, 1.807) is 0 Å². The van der Waals surface area contributed by atoms with Crippen LogP contribution in [0.1, 0.15) is 36.4 Å². The van der Waals surface area contributed by atoms with Gasteiger partial charge >= 0.3 is 6.36 Å². The zero-order valence-electron chi connectivity index (χ0n) is 16.2. The lowest BCUT2D eigenvalue weighted by Crippen LogP contribution is -2.37. The van der Waals surface area contributed by atoms with Crippen LogP contribution in [0.25, 0.3) is 0 Å². The number of halogens is 3. The van der Waals surface area contributed by atoms with Crippen LogP contribution >= 0.6 is 0 Å². The number of methoxy groups -OCH3 is 1. The minimum absolute atomic E-state index is 0.173. The van der Waals surface area contributed by atoms with E-state index in [9.17, 15) is 13.2 Å². The first-order valence-electron chi connectivity index (χ1n) is 9.91. The lowest BCUT2D eigenvalue weighted by molar-refractivity contribution is -0.274. The van der Waals surface area contributed by atoms with E-state index in [-0.39, 0.29) is 17.8 Å². The molecule has 2 aromatic carbocycles. The first kappa shape index (κ1) is 20.0. The summed E-state index contributed by atoms with van der Waals surface area (Å²) in [5.74, 6) is 0.802. The van der Waals surface area contributed by atoms with E-state index in [2.05, 4.69) is 27.5 Å². The van der Waals surface area contributed by atoms with Gasteiger partial charge in [-0.05, 0) is 42.5 Å². The van der Waals surface area contributed by atoms with Crippen molar-refractivity contribution in [1.82, 2.24) is 10.6 Å². The predicted octanol–water partition coefficient (Wildman–Crippen LogP) is 4.57. The number of benzene rings is 2. The Morgan fingerprint density at radius 2 is 1.90 bits per heavy atom. The highest BCUT2D eigenvalue weighted by Gasteiger charge is 2.45. The molecule has 0 aromatic heterocycles. The summed E-state index contributed by atoms with van der Waals surface area (Å²) in [6, 6.07) is 15.3. The van der Waals surface area contributed by atoms with Gasteiger partial charge in [0.2, 0.25) is 0 Å². The van der Waals surface area contributed by atoms with Gasteiger partial charge in [0, 0.05) is 30.2 Å². The van der Waals surface area contributed by atoms with Crippen molar-refractivity contribution in [3.8, 4) is 11.5 Å². The number of hydrogen-bond donors (Lipinski definition) is 2. The highest BCUT2D eigenvalue weighted by atomic mass is 19.4. The molecule has 1 aliphatic heterocycles. The van der Waals surface area contributed by atoms with E-state index in [0.717, 1.165) is 12.8 Å². The Bertz CT molecular complexity index is 829. The van der Waals surface area contributed by atoms with E-state index < -0.39 is 6.36 Å². The fraction of sp³-hybridized carbons (Fsp3) is 0.455. The zero-order valence-corrected chi connectivity index (χ0v) is 16.2. The molecule has 1 aliphatic carbocycles. The fourth-order valence-corrected chi connectivity index (χ4v) is 4.76. The van der Waals surface area contributed by atoms with Gasteiger partial charge in [0.1, 0.15) is 11.5 Å². The van der Waals surface area contributed by atoms with Crippen molar-refractivity contribution < 1.29 is 22.6 Å². The summed E-state index contributed by atoms with van der Waals surface area (Å²) >= 11 is 0. The van der Waals surface area contributed by atoms with Gasteiger partial charge in [0.25, 0.3) is 0 Å². The lowest BCUT2D eigenvalue weighted by Gasteiger charge is -2.26. The molecule has 156 valence electrons. The van der Waals surface area contributed by atoms with Crippen molar-refractivity contribution >= 4 is 0 Å². The van der Waals surface area contributed by atoms with Crippen molar-refractivity contribution in [3.63, 3.8) is 0 Å². The van der Waals surface area contributed by atoms with Crippen LogP contribution in [-0.4, -0.2) is 25.6 Å². The third-order valence-corrected chi connectivity index (χ3v) is 5.96. The second-order valence-corrected chi connectivity index (χ2v) is 7.68. The summed E-state index contributed by atoms with van der Waals surface area (Å²) in [7, 11) is 1.51. The maximum absolute atomic E-state index is 12.6. The average Bonchev–Trinajstić information content (AvgIpc) is 3.27. The van der Waals surface area contributed by atoms with Gasteiger partial charge in [-0.25, -0.2) is 0 Å². The Labute approximate surface area is 168 Å². The number of fused-ring (bicyclic) bond motifs is 1. The Morgan fingerprint density at radius 1 is 1.10 bits per heavy atom. The molecule has 1 saturated carbocycles. The van der Waals surface area contributed by atoms with Gasteiger partial charge in [0.05, 0.1) is 7.11 Å². The smallest absolute Gasteiger partial charge is 0.496 e. The molecule has 7 heteroatoms. The Morgan fingerprint density at radius 3 is 2.62 bits per heavy atom. The molecule has 4 unspecified atom stereocenters. The van der Waals surface area contributed by atoms with Crippen LogP contribution in [0.3, 0.4) is 0 Å². The maximum Gasteiger partial charge on any atom is 0.573 e. The molecule has 2 aliphatic rings. The van der Waals surface area contributed by atoms with E-state index in [0.29, 0.717) is 29.8 Å². The van der Waals surface area contributed by atoms with Crippen molar-refractivity contribution in [2.75, 3.05) is 7.11 Å². The molecule has 0 spiro atoms. The second kappa shape index (κ2) is 8.24. The van der Waals surface area contributed by atoms with E-state index in [4.69, 9.17) is 4.74 Å². The highest BCUT2D eigenvalue weighted by Crippen LogP contribution is 2.41. The number of rotatable bonds is 6. The first-order chi connectivity index (χ1) is 13.9. The molecule has 4 atom stereocenters. The molecular weight excluding hydrogens is 381 g/mol. The molecular formula is C22H25F3N2O2. The van der Waals surface area contributed by atoms with Gasteiger partial charge < -0.3 is 20.1 Å². The Hall–Kier alpha value is -2.25. The van der Waals surface area contributed by atoms with Crippen LogP contribution in [0, 0.1) is 5.92 Å². The van der Waals surface area contributed by atoms with Crippen LogP contribution in [0.4, 0.5) is 13.2 Å². The van der Waals surface area contributed by atoms with Crippen LogP contribution in [0.15, 0.2) is 48.5 Å². The predicted molar refractivity (Wildman–Crippen MR) is 104 cm³/mol. The molecule has 2 aromatic rings. The normalized spacial score (nSPS) is 26.3. The van der Waals surface area contributed by atoms with Crippen LogP contribution in [0.5, 0.6) is 11.5 Å². The van der Waals surface area contributed by atoms with Crippen molar-refractivity contribution in [3.05, 3.63) is 59.7 Å². The minimum Gasteiger partial charge on any atom is -0.496 e. The summed E-state index contributed by atoms with van der Waals surface area (Å²) in [4.78, 5) is 0. The molecule has 29 heavy (non-hydrogen) atoms. The molecule has 0 amide bonds. The standard InChI is InChI=1S/C22H25F3N2O2/c1-28-19-11-10-16(29-22(23,24)25)12-15(19)13-26-21-17-8-5-9-18(17)27-20(21)14-6-3-2-4-7-14/h2-4,6-7,10-12,17-18,20-21,26-27H,5,8-9,13H2,1H3. The summed E-state index contributed by atoms with van der Waals surface area (Å²) < 4.78 is 47.2. The van der Waals surface area contributed by atoms with Gasteiger partial charge in [-0.3, -0.25) is 0 Å². The molecule has 2 N–H and O–H groups in total. The first-order valence-corrected chi connectivity index (χ1v) is 9.91. The average molecular weight is 406 g/mol. The topological polar surface area (TPSA) is 42.5 Å². The largest absolute Gasteiger partial charge is 0.573 e. The minimum atomic E-state index is -4.72. The van der Waals surface area contributed by atoms with Crippen LogP contribution < -0.4 is 20.1 Å². The van der Waals surface area contributed by atoms with Gasteiger partial charge in [-0.1, -0.05) is 36.8 Å². The van der Waals surface area contributed by atoms with Crippen molar-refractivity contribution in [2.24, 2.45) is 5.92 Å². The van der Waals surface area contributed by atoms with Crippen LogP contribution in [0.2, 0.25) is 0 Å². The highest BCUT2D eigenvalue weighted by molar-refractivity contribution is 5.40. The van der Waals surface area contributed by atoms with Crippen molar-refractivity contribution in [2.45, 2.75) is 50.3 Å². The maximum atomic E-state index is 12.6. The molecule has 4 rings (SSSR count). The van der Waals surface area contributed by atoms with Crippen molar-refractivity contribution in [1.29, 1.82) is 0 Å². The number of nitrogens with one attached hydrogen (secondary N) is 2. The Kier molecular flexibility index (Phi) is 5.69. The zero-order chi connectivity index (χ0) is 20.4. The summed E-state index contributed by atoms with van der Waals surface area (Å²) in [5, 5.41) is 7.36. The fourth-order valence-electron chi connectivity index (χ4n) is 4.76. The third-order valence-electron chi connectivity index (χ3n) is 5.96. The van der Waals surface area contributed by atoms with E-state index >= 15 is 0 Å². The van der Waals surface area contributed by atoms with Gasteiger partial charge in [-0.15, -0.1) is 13.2 Å². The van der Waals surface area contributed by atoms with E-state index in [1.807, 2.05) is 18.2 Å². The monoisotopic (exact) mass is 406 g/mol. The van der Waals surface area contributed by atoms with Gasteiger partial charge in [0.15, 0.2) is 0 Å². The quantitative estimate of drug-likeness (QED) is 0.738. The molecule has 0 radical (unpaired) electrons. The lowest BCUT2D eigenvalue weighted by atomic mass is 9.91. The Balaban J connectivity index is 1.54. The summed E-state index contributed by atoms with van der Waals surface area (Å²) in [6.07, 6.45) is -1.22. The summed E-state index contributed by atoms with van der Waals surface area (Å²) in [5.41, 5.74) is 1.86. The molecule has 1 heterocycles. The number of alkyl halides is 3. The molecule has 0 bridgehead atoms. The van der Waals surface area contributed by atoms with Crippen LogP contribution in [-0.2, 0) is 6.54 Å².